The van der Waals surface area contributed by atoms with Gasteiger partial charge < -0.3 is 5.32 Å². The molecule has 0 radical (unpaired) electrons. The van der Waals surface area contributed by atoms with E-state index >= 15 is 0 Å². The van der Waals surface area contributed by atoms with Crippen molar-refractivity contribution in [3.8, 4) is 0 Å². The summed E-state index contributed by atoms with van der Waals surface area (Å²) >= 11 is 1.78. The van der Waals surface area contributed by atoms with Gasteiger partial charge in [0.1, 0.15) is 5.01 Å². The van der Waals surface area contributed by atoms with Crippen LogP contribution in [0.4, 0.5) is 0 Å². The second-order valence-electron chi connectivity index (χ2n) is 5.04. The number of thiazole rings is 1. The Labute approximate surface area is 128 Å². The Morgan fingerprint density at radius 3 is 2.86 bits per heavy atom. The van der Waals surface area contributed by atoms with Crippen LogP contribution in [0.3, 0.4) is 0 Å². The van der Waals surface area contributed by atoms with E-state index in [9.17, 15) is 0 Å². The number of para-hydroxylation sites is 1. The molecule has 1 aromatic carbocycles. The van der Waals surface area contributed by atoms with Crippen molar-refractivity contribution in [1.82, 2.24) is 20.1 Å². The van der Waals surface area contributed by atoms with Crippen molar-refractivity contribution in [2.24, 2.45) is 0 Å². The minimum atomic E-state index is 0.252. The minimum Gasteiger partial charge on any atom is -0.308 e. The van der Waals surface area contributed by atoms with Crippen molar-refractivity contribution >= 4 is 21.6 Å². The second kappa shape index (κ2) is 6.37. The first-order valence-corrected chi connectivity index (χ1v) is 8.22. The molecular weight excluding hydrogens is 280 g/mol. The van der Waals surface area contributed by atoms with E-state index in [-0.39, 0.29) is 6.04 Å². The van der Waals surface area contributed by atoms with Gasteiger partial charge in [0.05, 0.1) is 22.5 Å². The second-order valence-corrected chi connectivity index (χ2v) is 6.10. The Morgan fingerprint density at radius 1 is 1.29 bits per heavy atom. The van der Waals surface area contributed by atoms with E-state index in [0.29, 0.717) is 0 Å². The number of likely N-dealkylation sites (N-methyl/N-ethyl adjacent to an activating group) is 1. The van der Waals surface area contributed by atoms with Gasteiger partial charge in [-0.15, -0.1) is 11.3 Å². The van der Waals surface area contributed by atoms with E-state index in [4.69, 9.17) is 4.98 Å². The summed E-state index contributed by atoms with van der Waals surface area (Å²) < 4.78 is 3.22. The van der Waals surface area contributed by atoms with Gasteiger partial charge in [0.25, 0.3) is 0 Å². The van der Waals surface area contributed by atoms with Crippen LogP contribution in [0.1, 0.15) is 30.5 Å². The topological polar surface area (TPSA) is 42.7 Å². The van der Waals surface area contributed by atoms with Crippen LogP contribution in [0.25, 0.3) is 10.2 Å². The van der Waals surface area contributed by atoms with Crippen molar-refractivity contribution < 1.29 is 0 Å². The van der Waals surface area contributed by atoms with Gasteiger partial charge in [-0.25, -0.2) is 4.98 Å². The summed E-state index contributed by atoms with van der Waals surface area (Å²) in [5.41, 5.74) is 2.34. The monoisotopic (exact) mass is 300 g/mol. The van der Waals surface area contributed by atoms with Crippen molar-refractivity contribution in [3.63, 3.8) is 0 Å². The normalized spacial score (nSPS) is 12.9. The quantitative estimate of drug-likeness (QED) is 0.758. The summed E-state index contributed by atoms with van der Waals surface area (Å²) in [5, 5.41) is 9.06. The van der Waals surface area contributed by atoms with Crippen LogP contribution < -0.4 is 5.32 Å². The largest absolute Gasteiger partial charge is 0.308 e. The maximum atomic E-state index is 4.78. The molecule has 21 heavy (non-hydrogen) atoms. The van der Waals surface area contributed by atoms with Crippen LogP contribution >= 0.6 is 11.3 Å². The van der Waals surface area contributed by atoms with Gasteiger partial charge >= 0.3 is 0 Å². The predicted octanol–water partition coefficient (Wildman–Crippen LogP) is 3.41. The molecule has 0 aliphatic carbocycles. The van der Waals surface area contributed by atoms with Crippen LogP contribution in [0, 0.1) is 0 Å². The first-order chi connectivity index (χ1) is 10.3. The molecule has 0 fully saturated rings. The van der Waals surface area contributed by atoms with E-state index in [2.05, 4.69) is 48.7 Å². The van der Waals surface area contributed by atoms with Crippen LogP contribution in [0.5, 0.6) is 0 Å². The summed E-state index contributed by atoms with van der Waals surface area (Å²) in [4.78, 5) is 4.78. The van der Waals surface area contributed by atoms with E-state index in [1.54, 1.807) is 11.3 Å². The summed E-state index contributed by atoms with van der Waals surface area (Å²) in [6, 6.07) is 8.57. The number of hydrogen-bond acceptors (Lipinski definition) is 4. The van der Waals surface area contributed by atoms with E-state index < -0.39 is 0 Å². The van der Waals surface area contributed by atoms with E-state index in [1.165, 1.54) is 10.3 Å². The van der Waals surface area contributed by atoms with Gasteiger partial charge in [-0.1, -0.05) is 19.1 Å². The SMILES string of the molecule is CCNC(Cc1cnn(CC)c1)c1nc2ccccc2s1. The smallest absolute Gasteiger partial charge is 0.111 e. The molecule has 0 aliphatic heterocycles. The molecule has 110 valence electrons. The predicted molar refractivity (Wildman–Crippen MR) is 87.6 cm³/mol. The minimum absolute atomic E-state index is 0.252. The molecule has 0 saturated heterocycles. The molecule has 1 atom stereocenters. The fourth-order valence-electron chi connectivity index (χ4n) is 2.45. The van der Waals surface area contributed by atoms with Gasteiger partial charge in [-0.2, -0.15) is 5.10 Å². The third-order valence-electron chi connectivity index (χ3n) is 3.51. The highest BCUT2D eigenvalue weighted by Gasteiger charge is 2.16. The maximum absolute atomic E-state index is 4.78. The Morgan fingerprint density at radius 2 is 2.14 bits per heavy atom. The van der Waals surface area contributed by atoms with Crippen molar-refractivity contribution in [2.45, 2.75) is 32.9 Å². The lowest BCUT2D eigenvalue weighted by molar-refractivity contribution is 0.547. The lowest BCUT2D eigenvalue weighted by Gasteiger charge is -2.14. The van der Waals surface area contributed by atoms with Gasteiger partial charge in [0, 0.05) is 12.7 Å². The molecule has 2 heterocycles. The molecule has 0 aliphatic rings. The van der Waals surface area contributed by atoms with Crippen LogP contribution in [-0.4, -0.2) is 21.3 Å². The molecule has 0 saturated carbocycles. The molecule has 4 nitrogen and oxygen atoms in total. The lowest BCUT2D eigenvalue weighted by Crippen LogP contribution is -2.22. The standard InChI is InChI=1S/C16H20N4S/c1-3-17-14(9-12-10-18-20(4-2)11-12)16-19-13-7-5-6-8-15(13)21-16/h5-8,10-11,14,17H,3-4,9H2,1-2H3. The van der Waals surface area contributed by atoms with E-state index in [1.807, 2.05) is 16.9 Å². The highest BCUT2D eigenvalue weighted by atomic mass is 32.1. The van der Waals surface area contributed by atoms with Crippen LogP contribution in [-0.2, 0) is 13.0 Å². The Hall–Kier alpha value is -1.72. The lowest BCUT2D eigenvalue weighted by atomic mass is 10.1. The van der Waals surface area contributed by atoms with Gasteiger partial charge in [0.15, 0.2) is 0 Å². The highest BCUT2D eigenvalue weighted by molar-refractivity contribution is 7.18. The third kappa shape index (κ3) is 3.14. The molecule has 0 amide bonds. The Bertz CT molecular complexity index is 683. The van der Waals surface area contributed by atoms with E-state index in [0.717, 1.165) is 30.0 Å². The van der Waals surface area contributed by atoms with Crippen molar-refractivity contribution in [1.29, 1.82) is 0 Å². The van der Waals surface area contributed by atoms with Crippen molar-refractivity contribution in [3.05, 3.63) is 47.2 Å². The van der Waals surface area contributed by atoms with Crippen molar-refractivity contribution in [2.75, 3.05) is 6.54 Å². The van der Waals surface area contributed by atoms with Gasteiger partial charge in [-0.3, -0.25) is 4.68 Å². The van der Waals surface area contributed by atoms with Gasteiger partial charge in [0.2, 0.25) is 0 Å². The third-order valence-corrected chi connectivity index (χ3v) is 4.66. The zero-order valence-electron chi connectivity index (χ0n) is 12.4. The molecule has 5 heteroatoms. The average molecular weight is 300 g/mol. The molecule has 3 aromatic rings. The number of benzene rings is 1. The van der Waals surface area contributed by atoms with Gasteiger partial charge in [-0.05, 0) is 37.6 Å². The van der Waals surface area contributed by atoms with Crippen LogP contribution in [0.2, 0.25) is 0 Å². The first kappa shape index (κ1) is 14.2. The molecule has 2 aromatic heterocycles. The number of fused-ring (bicyclic) bond motifs is 1. The number of aryl methyl sites for hydroxylation is 1. The fourth-order valence-corrected chi connectivity index (χ4v) is 3.50. The number of aromatic nitrogens is 3. The first-order valence-electron chi connectivity index (χ1n) is 7.40. The molecular formula is C16H20N4S. The molecule has 1 unspecified atom stereocenters. The average Bonchev–Trinajstić information content (AvgIpc) is 3.12. The molecule has 1 N–H and O–H groups in total. The number of nitrogens with one attached hydrogen (secondary N) is 1. The highest BCUT2D eigenvalue weighted by Crippen LogP contribution is 2.28. The summed E-state index contributed by atoms with van der Waals surface area (Å²) in [6.07, 6.45) is 5.01. The zero-order chi connectivity index (χ0) is 14.7. The number of nitrogens with zero attached hydrogens (tertiary/aromatic N) is 3. The molecule has 0 bridgehead atoms. The summed E-state index contributed by atoms with van der Waals surface area (Å²) in [5.74, 6) is 0. The zero-order valence-corrected chi connectivity index (χ0v) is 13.2. The van der Waals surface area contributed by atoms with Crippen LogP contribution in [0.15, 0.2) is 36.7 Å². The number of rotatable bonds is 6. The Kier molecular flexibility index (Phi) is 4.31. The fraction of sp³-hybridized carbons (Fsp3) is 0.375. The summed E-state index contributed by atoms with van der Waals surface area (Å²) in [7, 11) is 0. The Balaban J connectivity index is 1.86. The summed E-state index contributed by atoms with van der Waals surface area (Å²) in [6.45, 7) is 6.08. The molecule has 0 spiro atoms. The number of hydrogen-bond donors (Lipinski definition) is 1. The molecule has 3 rings (SSSR count). The maximum Gasteiger partial charge on any atom is 0.111 e.